The summed E-state index contributed by atoms with van der Waals surface area (Å²) in [5, 5.41) is 15.6. The van der Waals surface area contributed by atoms with Gasteiger partial charge in [-0.1, -0.05) is 12.8 Å². The summed E-state index contributed by atoms with van der Waals surface area (Å²) in [4.78, 5) is 6.90. The number of aliphatic imine (C=N–C) groups is 1. The number of piperidine rings is 1. The molecule has 2 fully saturated rings. The van der Waals surface area contributed by atoms with Gasteiger partial charge < -0.3 is 15.5 Å². The Morgan fingerprint density at radius 3 is 2.59 bits per heavy atom. The van der Waals surface area contributed by atoms with E-state index in [1.165, 1.54) is 37.8 Å². The predicted molar refractivity (Wildman–Crippen MR) is 117 cm³/mol. The fraction of sp³-hybridized carbons (Fsp3) is 0.600. The van der Waals surface area contributed by atoms with Crippen molar-refractivity contribution in [2.75, 3.05) is 20.1 Å². The SMILES string of the molecule is CN=C(NCc1cc(C#N)ccc1F)NC1CCN(C2CCCC2)CC1.I. The second kappa shape index (κ2) is 10.8. The van der Waals surface area contributed by atoms with Gasteiger partial charge in [0.05, 0.1) is 11.6 Å². The number of likely N-dealkylation sites (tertiary alicyclic amines) is 1. The van der Waals surface area contributed by atoms with Crippen molar-refractivity contribution in [1.82, 2.24) is 15.5 Å². The molecule has 0 radical (unpaired) electrons. The van der Waals surface area contributed by atoms with Crippen molar-refractivity contribution in [3.8, 4) is 6.07 Å². The maximum Gasteiger partial charge on any atom is 0.191 e. The first-order chi connectivity index (χ1) is 12.7. The molecular formula is C20H29FIN5. The molecule has 7 heteroatoms. The number of benzene rings is 1. The third kappa shape index (κ3) is 6.04. The van der Waals surface area contributed by atoms with Gasteiger partial charge in [-0.15, -0.1) is 24.0 Å². The van der Waals surface area contributed by atoms with Crippen LogP contribution in [0, 0.1) is 17.1 Å². The molecule has 5 nitrogen and oxygen atoms in total. The summed E-state index contributed by atoms with van der Waals surface area (Å²) in [7, 11) is 1.73. The fourth-order valence-corrected chi connectivity index (χ4v) is 4.03. The van der Waals surface area contributed by atoms with Crippen LogP contribution in [0.3, 0.4) is 0 Å². The Morgan fingerprint density at radius 1 is 1.26 bits per heavy atom. The van der Waals surface area contributed by atoms with E-state index in [0.717, 1.165) is 32.0 Å². The minimum absolute atomic E-state index is 0. The molecule has 3 rings (SSSR count). The van der Waals surface area contributed by atoms with E-state index in [1.54, 1.807) is 13.1 Å². The quantitative estimate of drug-likeness (QED) is 0.390. The highest BCUT2D eigenvalue weighted by Gasteiger charge is 2.27. The number of nitrogens with zero attached hydrogens (tertiary/aromatic N) is 3. The van der Waals surface area contributed by atoms with E-state index in [4.69, 9.17) is 5.26 Å². The average Bonchev–Trinajstić information content (AvgIpc) is 3.21. The molecule has 1 saturated carbocycles. The van der Waals surface area contributed by atoms with Gasteiger partial charge in [-0.3, -0.25) is 4.99 Å². The van der Waals surface area contributed by atoms with Gasteiger partial charge in [0.25, 0.3) is 0 Å². The van der Waals surface area contributed by atoms with Gasteiger partial charge in [0.2, 0.25) is 0 Å². The third-order valence-corrected chi connectivity index (χ3v) is 5.56. The molecule has 1 heterocycles. The lowest BCUT2D eigenvalue weighted by atomic mass is 10.0. The van der Waals surface area contributed by atoms with E-state index in [0.29, 0.717) is 29.7 Å². The number of hydrogen-bond donors (Lipinski definition) is 2. The van der Waals surface area contributed by atoms with E-state index in [9.17, 15) is 4.39 Å². The highest BCUT2D eigenvalue weighted by molar-refractivity contribution is 14.0. The van der Waals surface area contributed by atoms with Crippen LogP contribution in [0.15, 0.2) is 23.2 Å². The zero-order valence-corrected chi connectivity index (χ0v) is 18.2. The molecule has 148 valence electrons. The molecule has 27 heavy (non-hydrogen) atoms. The molecule has 2 N–H and O–H groups in total. The lowest BCUT2D eigenvalue weighted by molar-refractivity contribution is 0.150. The van der Waals surface area contributed by atoms with Crippen LogP contribution >= 0.6 is 24.0 Å². The summed E-state index contributed by atoms with van der Waals surface area (Å²) in [5.41, 5.74) is 0.938. The second-order valence-electron chi connectivity index (χ2n) is 7.24. The van der Waals surface area contributed by atoms with E-state index in [2.05, 4.69) is 20.5 Å². The van der Waals surface area contributed by atoms with Gasteiger partial charge >= 0.3 is 0 Å². The fourth-order valence-electron chi connectivity index (χ4n) is 4.03. The first kappa shape index (κ1) is 21.9. The van der Waals surface area contributed by atoms with Crippen LogP contribution in [0.25, 0.3) is 0 Å². The molecule has 0 bridgehead atoms. The van der Waals surface area contributed by atoms with E-state index in [1.807, 2.05) is 6.07 Å². The number of guanidine groups is 1. The predicted octanol–water partition coefficient (Wildman–Crippen LogP) is 3.39. The standard InChI is InChI=1S/C20H28FN5.HI/c1-23-20(24-14-16-12-15(13-22)6-7-19(16)21)25-17-8-10-26(11-9-17)18-4-2-3-5-18;/h6-7,12,17-18H,2-5,8-11,14H2,1H3,(H2,23,24,25);1H. The van der Waals surface area contributed by atoms with Crippen molar-refractivity contribution >= 4 is 29.9 Å². The van der Waals surface area contributed by atoms with Crippen LogP contribution in [0.1, 0.15) is 49.7 Å². The van der Waals surface area contributed by atoms with Crippen LogP contribution in [-0.4, -0.2) is 43.1 Å². The molecule has 1 aromatic carbocycles. The molecule has 0 unspecified atom stereocenters. The van der Waals surface area contributed by atoms with E-state index < -0.39 is 0 Å². The lowest BCUT2D eigenvalue weighted by Gasteiger charge is -2.36. The zero-order valence-electron chi connectivity index (χ0n) is 15.9. The smallest absolute Gasteiger partial charge is 0.191 e. The highest BCUT2D eigenvalue weighted by Crippen LogP contribution is 2.26. The van der Waals surface area contributed by atoms with Crippen molar-refractivity contribution in [2.45, 2.75) is 57.2 Å². The second-order valence-corrected chi connectivity index (χ2v) is 7.24. The molecule has 0 spiro atoms. The first-order valence-corrected chi connectivity index (χ1v) is 9.59. The molecule has 1 aromatic rings. The van der Waals surface area contributed by atoms with Gasteiger partial charge in [-0.25, -0.2) is 4.39 Å². The van der Waals surface area contributed by atoms with Gasteiger partial charge in [0, 0.05) is 44.3 Å². The number of nitriles is 1. The highest BCUT2D eigenvalue weighted by atomic mass is 127. The monoisotopic (exact) mass is 485 g/mol. The number of halogens is 2. The molecule has 1 saturated heterocycles. The Morgan fingerprint density at radius 2 is 1.96 bits per heavy atom. The number of rotatable bonds is 4. The van der Waals surface area contributed by atoms with Crippen LogP contribution in [0.5, 0.6) is 0 Å². The molecule has 0 atom stereocenters. The van der Waals surface area contributed by atoms with E-state index >= 15 is 0 Å². The Kier molecular flexibility index (Phi) is 8.77. The third-order valence-electron chi connectivity index (χ3n) is 5.56. The summed E-state index contributed by atoms with van der Waals surface area (Å²) in [6.07, 6.45) is 7.68. The molecule has 0 amide bonds. The van der Waals surface area contributed by atoms with Gasteiger partial charge in [0.1, 0.15) is 5.82 Å². The Balaban J connectivity index is 0.00000261. The van der Waals surface area contributed by atoms with Crippen molar-refractivity contribution in [3.63, 3.8) is 0 Å². The van der Waals surface area contributed by atoms with Crippen LogP contribution in [0.2, 0.25) is 0 Å². The molecule has 2 aliphatic rings. The number of nitrogens with one attached hydrogen (secondary N) is 2. The maximum absolute atomic E-state index is 13.9. The number of hydrogen-bond acceptors (Lipinski definition) is 3. The maximum atomic E-state index is 13.9. The van der Waals surface area contributed by atoms with Gasteiger partial charge in [-0.05, 0) is 43.9 Å². The van der Waals surface area contributed by atoms with Gasteiger partial charge in [0.15, 0.2) is 5.96 Å². The summed E-state index contributed by atoms with van der Waals surface area (Å²) >= 11 is 0. The molecule has 1 aliphatic carbocycles. The minimum atomic E-state index is -0.308. The topological polar surface area (TPSA) is 63.5 Å². The van der Waals surface area contributed by atoms with E-state index in [-0.39, 0.29) is 29.8 Å². The summed E-state index contributed by atoms with van der Waals surface area (Å²) in [5.74, 6) is 0.378. The Labute approximate surface area is 178 Å². The lowest BCUT2D eigenvalue weighted by Crippen LogP contribution is -2.50. The summed E-state index contributed by atoms with van der Waals surface area (Å²) in [6, 6.07) is 7.64. The van der Waals surface area contributed by atoms with Crippen molar-refractivity contribution < 1.29 is 4.39 Å². The van der Waals surface area contributed by atoms with Crippen molar-refractivity contribution in [2.24, 2.45) is 4.99 Å². The molecular weight excluding hydrogens is 456 g/mol. The minimum Gasteiger partial charge on any atom is -0.354 e. The Hall–Kier alpha value is -1.40. The van der Waals surface area contributed by atoms with Crippen molar-refractivity contribution in [1.29, 1.82) is 5.26 Å². The summed E-state index contributed by atoms with van der Waals surface area (Å²) in [6.45, 7) is 2.58. The van der Waals surface area contributed by atoms with Crippen LogP contribution < -0.4 is 10.6 Å². The summed E-state index contributed by atoms with van der Waals surface area (Å²) < 4.78 is 13.9. The van der Waals surface area contributed by atoms with Crippen LogP contribution in [-0.2, 0) is 6.54 Å². The van der Waals surface area contributed by atoms with Crippen molar-refractivity contribution in [3.05, 3.63) is 35.1 Å². The Bertz CT molecular complexity index is 673. The normalized spacial score (nSPS) is 19.4. The first-order valence-electron chi connectivity index (χ1n) is 9.59. The van der Waals surface area contributed by atoms with Crippen LogP contribution in [0.4, 0.5) is 4.39 Å². The average molecular weight is 485 g/mol. The zero-order chi connectivity index (χ0) is 18.4. The molecule has 0 aromatic heterocycles. The molecule has 1 aliphatic heterocycles. The van der Waals surface area contributed by atoms with Gasteiger partial charge in [-0.2, -0.15) is 5.26 Å². The largest absolute Gasteiger partial charge is 0.354 e.